The van der Waals surface area contributed by atoms with Crippen LogP contribution in [0, 0.1) is 10.1 Å². The van der Waals surface area contributed by atoms with Crippen LogP contribution in [0.3, 0.4) is 0 Å². The summed E-state index contributed by atoms with van der Waals surface area (Å²) in [5, 5.41) is 13.8. The zero-order valence-corrected chi connectivity index (χ0v) is 10.9. The van der Waals surface area contributed by atoms with E-state index in [2.05, 4.69) is 5.32 Å². The van der Waals surface area contributed by atoms with Crippen LogP contribution in [-0.4, -0.2) is 9.49 Å². The van der Waals surface area contributed by atoms with Crippen molar-refractivity contribution in [3.8, 4) is 0 Å². The first-order chi connectivity index (χ1) is 10.1. The van der Waals surface area contributed by atoms with Gasteiger partial charge in [-0.15, -0.1) is 0 Å². The zero-order chi connectivity index (χ0) is 14.8. The molecule has 1 aromatic heterocycles. The third-order valence-electron chi connectivity index (χ3n) is 3.08. The third kappa shape index (κ3) is 2.48. The van der Waals surface area contributed by atoms with Crippen molar-refractivity contribution in [3.63, 3.8) is 0 Å². The number of rotatable bonds is 4. The molecule has 0 aliphatic heterocycles. The summed E-state index contributed by atoms with van der Waals surface area (Å²) < 4.78 is 6.42. The van der Waals surface area contributed by atoms with Gasteiger partial charge in [-0.25, -0.2) is 4.79 Å². The number of aromatic nitrogens is 1. The van der Waals surface area contributed by atoms with Gasteiger partial charge in [0.15, 0.2) is 5.58 Å². The summed E-state index contributed by atoms with van der Waals surface area (Å²) >= 11 is 0. The average molecular weight is 285 g/mol. The molecule has 0 saturated heterocycles. The van der Waals surface area contributed by atoms with Gasteiger partial charge in [0, 0.05) is 11.8 Å². The Labute approximate surface area is 118 Å². The normalized spacial score (nSPS) is 10.7. The molecule has 0 atom stereocenters. The molecule has 3 aromatic rings. The number of nitro groups is 1. The van der Waals surface area contributed by atoms with Gasteiger partial charge in [0.05, 0.1) is 23.2 Å². The Morgan fingerprint density at radius 2 is 1.95 bits per heavy atom. The predicted octanol–water partition coefficient (Wildman–Crippen LogP) is 2.57. The molecule has 0 aliphatic carbocycles. The molecule has 1 heterocycles. The van der Waals surface area contributed by atoms with Crippen molar-refractivity contribution in [1.82, 2.24) is 4.57 Å². The second-order valence-electron chi connectivity index (χ2n) is 4.41. The second-order valence-corrected chi connectivity index (χ2v) is 4.41. The van der Waals surface area contributed by atoms with E-state index in [0.717, 1.165) is 5.69 Å². The van der Waals surface area contributed by atoms with Gasteiger partial charge in [0.25, 0.3) is 5.69 Å². The molecule has 0 amide bonds. The Bertz CT molecular complexity index is 852. The molecule has 7 nitrogen and oxygen atoms in total. The Hall–Kier alpha value is -3.09. The first-order valence-electron chi connectivity index (χ1n) is 6.22. The van der Waals surface area contributed by atoms with Crippen molar-refractivity contribution < 1.29 is 9.34 Å². The number of hydrogen-bond donors (Lipinski definition) is 1. The largest absolute Gasteiger partial charge is 0.421 e. The lowest BCUT2D eigenvalue weighted by Gasteiger charge is -2.06. The van der Waals surface area contributed by atoms with Gasteiger partial charge in [-0.2, -0.15) is 0 Å². The number of nitrogens with one attached hydrogen (secondary N) is 1. The van der Waals surface area contributed by atoms with Gasteiger partial charge in [-0.05, 0) is 18.2 Å². The molecular weight excluding hydrogens is 274 g/mol. The quantitative estimate of drug-likeness (QED) is 0.587. The molecule has 0 bridgehead atoms. The number of fused-ring (bicyclic) bond motifs is 1. The van der Waals surface area contributed by atoms with E-state index in [1.54, 1.807) is 0 Å². The smallest absolute Gasteiger partial charge is 0.407 e. The van der Waals surface area contributed by atoms with E-state index < -0.39 is 10.7 Å². The Morgan fingerprint density at radius 3 is 2.67 bits per heavy atom. The maximum atomic E-state index is 11.8. The maximum Gasteiger partial charge on any atom is 0.421 e. The minimum atomic E-state index is -0.561. The number of hydrogen-bond acceptors (Lipinski definition) is 5. The maximum absolute atomic E-state index is 11.8. The molecule has 7 heteroatoms. The molecular formula is C14H11N3O4. The van der Waals surface area contributed by atoms with E-state index in [-0.39, 0.29) is 17.9 Å². The summed E-state index contributed by atoms with van der Waals surface area (Å²) in [5.74, 6) is -0.561. The average Bonchev–Trinajstić information content (AvgIpc) is 2.80. The SMILES string of the molecule is O=c1oc2cc([N+](=O)[O-])ccc2n1CNc1ccccc1. The van der Waals surface area contributed by atoms with Gasteiger partial charge in [0.2, 0.25) is 0 Å². The van der Waals surface area contributed by atoms with Crippen LogP contribution in [0.15, 0.2) is 57.7 Å². The van der Waals surface area contributed by atoms with E-state index in [1.807, 2.05) is 30.3 Å². The van der Waals surface area contributed by atoms with Crippen molar-refractivity contribution >= 4 is 22.5 Å². The third-order valence-corrected chi connectivity index (χ3v) is 3.08. The fourth-order valence-electron chi connectivity index (χ4n) is 2.04. The minimum absolute atomic E-state index is 0.112. The summed E-state index contributed by atoms with van der Waals surface area (Å²) in [6, 6.07) is 13.5. The van der Waals surface area contributed by atoms with E-state index in [1.165, 1.54) is 22.8 Å². The van der Waals surface area contributed by atoms with Crippen molar-refractivity contribution in [1.29, 1.82) is 0 Å². The number of nitrogens with zero attached hydrogens (tertiary/aromatic N) is 2. The number of nitro benzene ring substituents is 1. The van der Waals surface area contributed by atoms with Gasteiger partial charge >= 0.3 is 5.76 Å². The molecule has 0 aliphatic rings. The molecule has 2 aromatic carbocycles. The zero-order valence-electron chi connectivity index (χ0n) is 10.9. The highest BCUT2D eigenvalue weighted by atomic mass is 16.6. The van der Waals surface area contributed by atoms with Gasteiger partial charge < -0.3 is 9.73 Å². The van der Waals surface area contributed by atoms with Gasteiger partial charge in [-0.1, -0.05) is 18.2 Å². The van der Waals surface area contributed by atoms with Crippen LogP contribution >= 0.6 is 0 Å². The molecule has 0 fully saturated rings. The fourth-order valence-corrected chi connectivity index (χ4v) is 2.04. The fraction of sp³-hybridized carbons (Fsp3) is 0.0714. The number of oxazole rings is 1. The predicted molar refractivity (Wildman–Crippen MR) is 77.2 cm³/mol. The van der Waals surface area contributed by atoms with Crippen molar-refractivity contribution in [2.75, 3.05) is 5.32 Å². The molecule has 1 N–H and O–H groups in total. The first-order valence-corrected chi connectivity index (χ1v) is 6.22. The van der Waals surface area contributed by atoms with Crippen LogP contribution in [0.4, 0.5) is 11.4 Å². The standard InChI is InChI=1S/C14H11N3O4/c18-14-16(9-15-10-4-2-1-3-5-10)12-7-6-11(17(19)20)8-13(12)21-14/h1-8,15H,9H2. The molecule has 0 saturated carbocycles. The molecule has 0 unspecified atom stereocenters. The monoisotopic (exact) mass is 285 g/mol. The highest BCUT2D eigenvalue weighted by molar-refractivity contribution is 5.75. The van der Waals surface area contributed by atoms with Crippen LogP contribution in [0.25, 0.3) is 11.1 Å². The van der Waals surface area contributed by atoms with Crippen LogP contribution in [-0.2, 0) is 6.67 Å². The van der Waals surface area contributed by atoms with Gasteiger partial charge in [0.1, 0.15) is 0 Å². The van der Waals surface area contributed by atoms with Crippen LogP contribution in [0.5, 0.6) is 0 Å². The molecule has 0 spiro atoms. The van der Waals surface area contributed by atoms with E-state index in [0.29, 0.717) is 5.52 Å². The van der Waals surface area contributed by atoms with Crippen LogP contribution < -0.4 is 11.1 Å². The van der Waals surface area contributed by atoms with Crippen LogP contribution in [0.2, 0.25) is 0 Å². The minimum Gasteiger partial charge on any atom is -0.407 e. The lowest BCUT2D eigenvalue weighted by atomic mass is 10.3. The number of benzene rings is 2. The summed E-state index contributed by atoms with van der Waals surface area (Å²) in [6.45, 7) is 0.216. The summed E-state index contributed by atoms with van der Waals surface area (Å²) in [5.41, 5.74) is 1.46. The molecule has 21 heavy (non-hydrogen) atoms. The first kappa shape index (κ1) is 12.9. The van der Waals surface area contributed by atoms with E-state index >= 15 is 0 Å². The van der Waals surface area contributed by atoms with Crippen molar-refractivity contribution in [2.45, 2.75) is 6.67 Å². The topological polar surface area (TPSA) is 90.3 Å². The highest BCUT2D eigenvalue weighted by Gasteiger charge is 2.13. The molecule has 106 valence electrons. The summed E-state index contributed by atoms with van der Waals surface area (Å²) in [4.78, 5) is 22.0. The molecule has 0 radical (unpaired) electrons. The summed E-state index contributed by atoms with van der Waals surface area (Å²) in [7, 11) is 0. The number of para-hydroxylation sites is 1. The van der Waals surface area contributed by atoms with E-state index in [9.17, 15) is 14.9 Å². The van der Waals surface area contributed by atoms with Gasteiger partial charge in [-0.3, -0.25) is 14.7 Å². The molecule has 3 rings (SSSR count). The van der Waals surface area contributed by atoms with Crippen LogP contribution in [0.1, 0.15) is 0 Å². The lowest BCUT2D eigenvalue weighted by Crippen LogP contribution is -2.19. The number of anilines is 1. The van der Waals surface area contributed by atoms with E-state index in [4.69, 9.17) is 4.42 Å². The highest BCUT2D eigenvalue weighted by Crippen LogP contribution is 2.20. The lowest BCUT2D eigenvalue weighted by molar-refractivity contribution is -0.384. The second kappa shape index (κ2) is 5.12. The Balaban J connectivity index is 1.93. The van der Waals surface area contributed by atoms with Crippen molar-refractivity contribution in [3.05, 3.63) is 69.2 Å². The summed E-state index contributed by atoms with van der Waals surface area (Å²) in [6.07, 6.45) is 0. The Morgan fingerprint density at radius 1 is 1.19 bits per heavy atom. The Kier molecular flexibility index (Phi) is 3.15. The van der Waals surface area contributed by atoms with Crippen molar-refractivity contribution in [2.24, 2.45) is 0 Å². The number of non-ortho nitro benzene ring substituents is 1.